The number of aromatic nitrogens is 1. The molecule has 2 fully saturated rings. The van der Waals surface area contributed by atoms with E-state index in [1.165, 1.54) is 10.4 Å². The zero-order valence-electron chi connectivity index (χ0n) is 16.2. The molecule has 28 heavy (non-hydrogen) atoms. The number of fused-ring (bicyclic) bond motifs is 2. The van der Waals surface area contributed by atoms with Gasteiger partial charge in [0.25, 0.3) is 5.91 Å². The molecule has 0 bridgehead atoms. The minimum Gasteiger partial charge on any atom is -0.369 e. The molecule has 2 saturated heterocycles. The summed E-state index contributed by atoms with van der Waals surface area (Å²) < 4.78 is 6.27. The third kappa shape index (κ3) is 3.38. The third-order valence-corrected chi connectivity index (χ3v) is 7.74. The molecule has 0 radical (unpaired) electrons. The van der Waals surface area contributed by atoms with Crippen molar-refractivity contribution in [1.82, 2.24) is 15.2 Å². The van der Waals surface area contributed by atoms with Gasteiger partial charge in [0.15, 0.2) is 0 Å². The lowest BCUT2D eigenvalue weighted by molar-refractivity contribution is -0.0771. The van der Waals surface area contributed by atoms with Crippen molar-refractivity contribution >= 4 is 17.2 Å². The molecule has 0 aromatic carbocycles. The highest BCUT2D eigenvalue weighted by atomic mass is 32.1. The van der Waals surface area contributed by atoms with E-state index in [4.69, 9.17) is 4.74 Å². The molecule has 3 aliphatic rings. The fraction of sp³-hybridized carbons (Fsp3) is 0.545. The molecule has 1 N–H and O–H groups in total. The number of likely N-dealkylation sites (tertiary alicyclic amines) is 1. The highest BCUT2D eigenvalue weighted by Gasteiger charge is 2.41. The Morgan fingerprint density at radius 3 is 3.07 bits per heavy atom. The van der Waals surface area contributed by atoms with Gasteiger partial charge in [0.05, 0.1) is 11.5 Å². The summed E-state index contributed by atoms with van der Waals surface area (Å²) in [5, 5.41) is 3.43. The Bertz CT molecular complexity index is 845. The van der Waals surface area contributed by atoms with Gasteiger partial charge in [-0.05, 0) is 74.9 Å². The highest BCUT2D eigenvalue weighted by Crippen LogP contribution is 2.44. The van der Waals surface area contributed by atoms with E-state index >= 15 is 0 Å². The molecular weight excluding hydrogens is 370 g/mol. The molecule has 1 spiro atoms. The molecule has 1 unspecified atom stereocenters. The molecule has 5 rings (SSSR count). The van der Waals surface area contributed by atoms with Crippen LogP contribution < -0.4 is 5.32 Å². The lowest BCUT2D eigenvalue weighted by Gasteiger charge is -2.40. The molecule has 2 aromatic rings. The van der Waals surface area contributed by atoms with Crippen LogP contribution in [0.2, 0.25) is 0 Å². The zero-order chi connectivity index (χ0) is 19.0. The highest BCUT2D eigenvalue weighted by molar-refractivity contribution is 7.14. The van der Waals surface area contributed by atoms with Gasteiger partial charge in [0.1, 0.15) is 5.60 Å². The number of piperidine rings is 1. The van der Waals surface area contributed by atoms with E-state index in [2.05, 4.69) is 22.4 Å². The molecule has 5 nitrogen and oxygen atoms in total. The number of ether oxygens (including phenoxy) is 1. The molecule has 5 heterocycles. The van der Waals surface area contributed by atoms with E-state index in [1.807, 2.05) is 23.2 Å². The first-order chi connectivity index (χ1) is 13.7. The quantitative estimate of drug-likeness (QED) is 0.865. The first-order valence-electron chi connectivity index (χ1n) is 10.4. The van der Waals surface area contributed by atoms with Gasteiger partial charge in [-0.25, -0.2) is 0 Å². The van der Waals surface area contributed by atoms with Crippen molar-refractivity contribution in [2.24, 2.45) is 5.92 Å². The summed E-state index contributed by atoms with van der Waals surface area (Å²) in [7, 11) is 0. The third-order valence-electron chi connectivity index (χ3n) is 6.39. The maximum absolute atomic E-state index is 13.2. The summed E-state index contributed by atoms with van der Waals surface area (Å²) in [6.45, 7) is 4.44. The van der Waals surface area contributed by atoms with Crippen LogP contribution in [0, 0.1) is 5.92 Å². The van der Waals surface area contributed by atoms with Crippen molar-refractivity contribution in [2.75, 3.05) is 32.8 Å². The van der Waals surface area contributed by atoms with Gasteiger partial charge in [-0.3, -0.25) is 9.78 Å². The fourth-order valence-electron chi connectivity index (χ4n) is 4.88. The smallest absolute Gasteiger partial charge is 0.263 e. The summed E-state index contributed by atoms with van der Waals surface area (Å²) in [4.78, 5) is 21.9. The van der Waals surface area contributed by atoms with Crippen LogP contribution in [0.25, 0.3) is 0 Å². The van der Waals surface area contributed by atoms with Crippen molar-refractivity contribution in [3.8, 4) is 0 Å². The Balaban J connectivity index is 1.30. The largest absolute Gasteiger partial charge is 0.369 e. The van der Waals surface area contributed by atoms with E-state index in [9.17, 15) is 4.79 Å². The Morgan fingerprint density at radius 2 is 2.25 bits per heavy atom. The first kappa shape index (κ1) is 18.3. The molecule has 0 saturated carbocycles. The lowest BCUT2D eigenvalue weighted by atomic mass is 9.86. The van der Waals surface area contributed by atoms with Crippen LogP contribution in [0.15, 0.2) is 30.5 Å². The number of thiophene rings is 1. The van der Waals surface area contributed by atoms with Gasteiger partial charge in [0.2, 0.25) is 0 Å². The zero-order valence-corrected chi connectivity index (χ0v) is 17.0. The summed E-state index contributed by atoms with van der Waals surface area (Å²) in [6, 6.07) is 8.22. The van der Waals surface area contributed by atoms with Gasteiger partial charge >= 0.3 is 0 Å². The van der Waals surface area contributed by atoms with Gasteiger partial charge in [-0.2, -0.15) is 0 Å². The van der Waals surface area contributed by atoms with E-state index in [0.717, 1.165) is 75.5 Å². The van der Waals surface area contributed by atoms with Gasteiger partial charge in [0, 0.05) is 29.9 Å². The molecule has 0 aliphatic carbocycles. The number of amides is 1. The van der Waals surface area contributed by atoms with Crippen molar-refractivity contribution in [1.29, 1.82) is 0 Å². The minimum absolute atomic E-state index is 0.158. The molecule has 1 atom stereocenters. The summed E-state index contributed by atoms with van der Waals surface area (Å²) >= 11 is 1.68. The Labute approximate surface area is 170 Å². The van der Waals surface area contributed by atoms with E-state index in [-0.39, 0.29) is 11.5 Å². The van der Waals surface area contributed by atoms with Crippen molar-refractivity contribution in [3.63, 3.8) is 0 Å². The number of hydrogen-bond donors (Lipinski definition) is 1. The second kappa shape index (κ2) is 7.58. The van der Waals surface area contributed by atoms with Crippen LogP contribution in [0.1, 0.15) is 45.1 Å². The van der Waals surface area contributed by atoms with E-state index < -0.39 is 0 Å². The molecule has 6 heteroatoms. The van der Waals surface area contributed by atoms with Crippen molar-refractivity contribution in [3.05, 3.63) is 51.5 Å². The summed E-state index contributed by atoms with van der Waals surface area (Å²) in [5.41, 5.74) is 2.30. The van der Waals surface area contributed by atoms with E-state index in [0.29, 0.717) is 5.92 Å². The number of rotatable bonds is 3. The SMILES string of the molecule is O=C(c1cc2c(s1)C1(CCNCC1)OCC2)N1CCC(Cc2ccccn2)C1. The van der Waals surface area contributed by atoms with Crippen molar-refractivity contribution in [2.45, 2.75) is 37.7 Å². The second-order valence-corrected chi connectivity index (χ2v) is 9.29. The Hall–Kier alpha value is -1.76. The Morgan fingerprint density at radius 1 is 1.36 bits per heavy atom. The summed E-state index contributed by atoms with van der Waals surface area (Å²) in [6.07, 6.45) is 6.80. The first-order valence-corrected chi connectivity index (χ1v) is 11.2. The fourth-order valence-corrected chi connectivity index (χ4v) is 6.26. The average molecular weight is 398 g/mol. The standard InChI is InChI=1S/C22H27N3O2S/c26-21(25-11-4-16(15-25)13-18-3-1-2-8-24-18)19-14-17-5-12-27-22(20(17)28-19)6-9-23-10-7-22/h1-3,8,14,16,23H,4-7,9-13,15H2. The number of carbonyl (C=O) groups is 1. The predicted molar refractivity (Wildman–Crippen MR) is 110 cm³/mol. The van der Waals surface area contributed by atoms with Crippen LogP contribution in [0.3, 0.4) is 0 Å². The van der Waals surface area contributed by atoms with Crippen molar-refractivity contribution < 1.29 is 9.53 Å². The monoisotopic (exact) mass is 397 g/mol. The van der Waals surface area contributed by atoms with Gasteiger partial charge < -0.3 is 15.0 Å². The van der Waals surface area contributed by atoms with Crippen LogP contribution in [0.4, 0.5) is 0 Å². The number of nitrogens with zero attached hydrogens (tertiary/aromatic N) is 2. The minimum atomic E-state index is -0.158. The molecule has 2 aromatic heterocycles. The topological polar surface area (TPSA) is 54.5 Å². The molecule has 3 aliphatic heterocycles. The predicted octanol–water partition coefficient (Wildman–Crippen LogP) is 3.00. The maximum atomic E-state index is 13.2. The summed E-state index contributed by atoms with van der Waals surface area (Å²) in [5.74, 6) is 0.708. The average Bonchev–Trinajstić information content (AvgIpc) is 3.37. The number of pyridine rings is 1. The maximum Gasteiger partial charge on any atom is 0.263 e. The van der Waals surface area contributed by atoms with E-state index in [1.54, 1.807) is 11.3 Å². The normalized spacial score (nSPS) is 23.7. The molecule has 1 amide bonds. The number of hydrogen-bond acceptors (Lipinski definition) is 5. The molecular formula is C22H27N3O2S. The second-order valence-electron chi connectivity index (χ2n) is 8.24. The Kier molecular flexibility index (Phi) is 4.95. The number of carbonyl (C=O) groups excluding carboxylic acids is 1. The van der Waals surface area contributed by atoms with Crippen LogP contribution in [0.5, 0.6) is 0 Å². The number of nitrogens with one attached hydrogen (secondary N) is 1. The van der Waals surface area contributed by atoms with Crippen LogP contribution in [-0.2, 0) is 23.2 Å². The van der Waals surface area contributed by atoms with Crippen LogP contribution >= 0.6 is 11.3 Å². The van der Waals surface area contributed by atoms with Gasteiger partial charge in [-0.15, -0.1) is 11.3 Å². The lowest BCUT2D eigenvalue weighted by Crippen LogP contribution is -2.43. The van der Waals surface area contributed by atoms with Crippen LogP contribution in [-0.4, -0.2) is 48.6 Å². The molecule has 148 valence electrons. The van der Waals surface area contributed by atoms with Gasteiger partial charge in [-0.1, -0.05) is 6.07 Å².